The number of anilines is 1. The lowest BCUT2D eigenvalue weighted by Crippen LogP contribution is -2.27. The van der Waals surface area contributed by atoms with Crippen molar-refractivity contribution in [1.82, 2.24) is 9.71 Å². The molecule has 0 saturated heterocycles. The molecule has 0 bridgehead atoms. The zero-order valence-corrected chi connectivity index (χ0v) is 11.4. The van der Waals surface area contributed by atoms with Gasteiger partial charge in [-0.1, -0.05) is 0 Å². The Labute approximate surface area is 111 Å². The van der Waals surface area contributed by atoms with Crippen LogP contribution in [0, 0.1) is 0 Å². The van der Waals surface area contributed by atoms with E-state index in [1.165, 1.54) is 18.5 Å². The van der Waals surface area contributed by atoms with Crippen LogP contribution in [0.2, 0.25) is 0 Å². The molecule has 7 heteroatoms. The summed E-state index contributed by atoms with van der Waals surface area (Å²) in [6.07, 6.45) is 3.03. The van der Waals surface area contributed by atoms with Gasteiger partial charge in [-0.15, -0.1) is 0 Å². The summed E-state index contributed by atoms with van der Waals surface area (Å²) in [5, 5.41) is 2.76. The molecule has 6 nitrogen and oxygen atoms in total. The molecule has 2 aromatic rings. The molecule has 0 aromatic carbocycles. The van der Waals surface area contributed by atoms with Gasteiger partial charge in [0.2, 0.25) is 10.0 Å². The molecule has 0 aliphatic heterocycles. The summed E-state index contributed by atoms with van der Waals surface area (Å²) in [6, 6.07) is 6.05. The second kappa shape index (κ2) is 5.41. The van der Waals surface area contributed by atoms with Gasteiger partial charge in [-0.05, 0) is 31.2 Å². The molecule has 1 unspecified atom stereocenters. The topological polar surface area (TPSA) is 84.2 Å². The van der Waals surface area contributed by atoms with E-state index in [4.69, 9.17) is 4.42 Å². The number of sulfonamides is 1. The van der Waals surface area contributed by atoms with Crippen molar-refractivity contribution in [1.29, 1.82) is 0 Å². The first-order valence-electron chi connectivity index (χ1n) is 5.73. The summed E-state index contributed by atoms with van der Waals surface area (Å²) in [6.45, 7) is 1.71. The Balaban J connectivity index is 2.28. The summed E-state index contributed by atoms with van der Waals surface area (Å²) in [5.41, 5.74) is 0. The fraction of sp³-hybridized carbons (Fsp3) is 0.250. The van der Waals surface area contributed by atoms with Crippen LogP contribution in [0.1, 0.15) is 18.7 Å². The number of furan rings is 1. The number of hydrogen-bond donors (Lipinski definition) is 2. The number of pyridine rings is 1. The summed E-state index contributed by atoms with van der Waals surface area (Å²) < 4.78 is 32.3. The van der Waals surface area contributed by atoms with E-state index >= 15 is 0 Å². The average Bonchev–Trinajstić information content (AvgIpc) is 2.92. The van der Waals surface area contributed by atoms with E-state index in [1.54, 1.807) is 32.2 Å². The molecule has 0 aliphatic rings. The fourth-order valence-corrected chi connectivity index (χ4v) is 3.06. The number of rotatable bonds is 5. The van der Waals surface area contributed by atoms with Crippen LogP contribution < -0.4 is 10.0 Å². The van der Waals surface area contributed by atoms with E-state index in [0.717, 1.165) is 0 Å². The van der Waals surface area contributed by atoms with E-state index in [0.29, 0.717) is 11.6 Å². The van der Waals surface area contributed by atoms with Crippen LogP contribution in [0.3, 0.4) is 0 Å². The maximum Gasteiger partial charge on any atom is 0.244 e. The van der Waals surface area contributed by atoms with Crippen LogP contribution in [0.5, 0.6) is 0 Å². The van der Waals surface area contributed by atoms with Crippen molar-refractivity contribution in [2.75, 3.05) is 12.4 Å². The third-order valence-electron chi connectivity index (χ3n) is 2.60. The Hall–Kier alpha value is -1.86. The highest BCUT2D eigenvalue weighted by molar-refractivity contribution is 7.89. The van der Waals surface area contributed by atoms with E-state index in [9.17, 15) is 8.42 Å². The Morgan fingerprint density at radius 2 is 2.11 bits per heavy atom. The molecule has 0 saturated carbocycles. The van der Waals surface area contributed by atoms with Crippen molar-refractivity contribution in [3.63, 3.8) is 0 Å². The van der Waals surface area contributed by atoms with Crippen molar-refractivity contribution < 1.29 is 12.8 Å². The van der Waals surface area contributed by atoms with Gasteiger partial charge in [0.1, 0.15) is 16.5 Å². The fourth-order valence-electron chi connectivity index (χ4n) is 1.69. The Bertz CT molecular complexity index is 638. The summed E-state index contributed by atoms with van der Waals surface area (Å²) in [4.78, 5) is 4.09. The lowest BCUT2D eigenvalue weighted by Gasteiger charge is -2.13. The Kier molecular flexibility index (Phi) is 3.87. The molecule has 19 heavy (non-hydrogen) atoms. The molecule has 2 heterocycles. The van der Waals surface area contributed by atoms with Crippen molar-refractivity contribution in [2.24, 2.45) is 0 Å². The minimum atomic E-state index is -3.66. The number of aromatic nitrogens is 1. The normalized spacial score (nSPS) is 13.2. The van der Waals surface area contributed by atoms with Gasteiger partial charge in [0.15, 0.2) is 0 Å². The van der Waals surface area contributed by atoms with E-state index in [1.807, 2.05) is 0 Å². The molecule has 0 radical (unpaired) electrons. The number of nitrogens with one attached hydrogen (secondary N) is 2. The minimum Gasteiger partial charge on any atom is -0.468 e. The molecule has 0 amide bonds. The van der Waals surface area contributed by atoms with Crippen molar-refractivity contribution >= 4 is 15.8 Å². The second-order valence-corrected chi connectivity index (χ2v) is 5.64. The largest absolute Gasteiger partial charge is 0.468 e. The maximum atomic E-state index is 12.3. The zero-order chi connectivity index (χ0) is 13.9. The minimum absolute atomic E-state index is 0.107. The van der Waals surface area contributed by atoms with Crippen LogP contribution in [0.25, 0.3) is 0 Å². The molecule has 1 atom stereocenters. The molecular formula is C12H15N3O3S. The summed E-state index contributed by atoms with van der Waals surface area (Å²) >= 11 is 0. The Morgan fingerprint density at radius 3 is 2.74 bits per heavy atom. The maximum absolute atomic E-state index is 12.3. The molecule has 0 aliphatic carbocycles. The third-order valence-corrected chi connectivity index (χ3v) is 4.17. The highest BCUT2D eigenvalue weighted by atomic mass is 32.2. The van der Waals surface area contributed by atoms with E-state index in [-0.39, 0.29) is 4.90 Å². The number of hydrogen-bond acceptors (Lipinski definition) is 5. The molecule has 2 aromatic heterocycles. The van der Waals surface area contributed by atoms with E-state index in [2.05, 4.69) is 15.0 Å². The highest BCUT2D eigenvalue weighted by Gasteiger charge is 2.22. The molecule has 0 spiro atoms. The molecule has 2 N–H and O–H groups in total. The monoisotopic (exact) mass is 281 g/mol. The highest BCUT2D eigenvalue weighted by Crippen LogP contribution is 2.21. The Morgan fingerprint density at radius 1 is 1.32 bits per heavy atom. The van der Waals surface area contributed by atoms with Crippen LogP contribution in [-0.2, 0) is 10.0 Å². The smallest absolute Gasteiger partial charge is 0.244 e. The van der Waals surface area contributed by atoms with Crippen LogP contribution >= 0.6 is 0 Å². The van der Waals surface area contributed by atoms with Gasteiger partial charge in [0, 0.05) is 13.2 Å². The predicted molar refractivity (Wildman–Crippen MR) is 71.2 cm³/mol. The van der Waals surface area contributed by atoms with Gasteiger partial charge in [-0.25, -0.2) is 18.1 Å². The first kappa shape index (κ1) is 13.6. The molecule has 0 fully saturated rings. The average molecular weight is 281 g/mol. The van der Waals surface area contributed by atoms with Gasteiger partial charge in [-0.2, -0.15) is 0 Å². The quantitative estimate of drug-likeness (QED) is 0.872. The van der Waals surface area contributed by atoms with Crippen LogP contribution in [-0.4, -0.2) is 20.4 Å². The second-order valence-electron chi connectivity index (χ2n) is 3.96. The van der Waals surface area contributed by atoms with Crippen LogP contribution in [0.15, 0.2) is 46.0 Å². The predicted octanol–water partition coefficient (Wildman–Crippen LogP) is 1.76. The lowest BCUT2D eigenvalue weighted by atomic mass is 10.3. The van der Waals surface area contributed by atoms with Gasteiger partial charge >= 0.3 is 0 Å². The first-order valence-corrected chi connectivity index (χ1v) is 7.21. The van der Waals surface area contributed by atoms with Crippen molar-refractivity contribution in [3.8, 4) is 0 Å². The third kappa shape index (κ3) is 2.94. The standard InChI is InChI=1S/C12H15N3O3S/c1-9(10-5-4-8-18-10)15-19(16,17)11-6-3-7-14-12(11)13-2/h3-9,15H,1-2H3,(H,13,14). The lowest BCUT2D eigenvalue weighted by molar-refractivity contribution is 0.459. The van der Waals surface area contributed by atoms with Gasteiger partial charge < -0.3 is 9.73 Å². The van der Waals surface area contributed by atoms with E-state index < -0.39 is 16.1 Å². The van der Waals surface area contributed by atoms with Gasteiger partial charge in [0.25, 0.3) is 0 Å². The zero-order valence-electron chi connectivity index (χ0n) is 10.6. The van der Waals surface area contributed by atoms with Crippen LogP contribution in [0.4, 0.5) is 5.82 Å². The van der Waals surface area contributed by atoms with Gasteiger partial charge in [-0.3, -0.25) is 0 Å². The summed E-state index contributed by atoms with van der Waals surface area (Å²) in [5.74, 6) is 0.861. The van der Waals surface area contributed by atoms with Crippen molar-refractivity contribution in [2.45, 2.75) is 17.9 Å². The molecule has 102 valence electrons. The molecule has 2 rings (SSSR count). The molecular weight excluding hydrogens is 266 g/mol. The van der Waals surface area contributed by atoms with Crippen molar-refractivity contribution in [3.05, 3.63) is 42.5 Å². The summed E-state index contributed by atoms with van der Waals surface area (Å²) in [7, 11) is -2.04. The first-order chi connectivity index (χ1) is 9.04. The number of nitrogens with zero attached hydrogens (tertiary/aromatic N) is 1. The van der Waals surface area contributed by atoms with Gasteiger partial charge in [0.05, 0.1) is 12.3 Å². The SMILES string of the molecule is CNc1ncccc1S(=O)(=O)NC(C)c1ccco1.